The topological polar surface area (TPSA) is 192 Å². The highest BCUT2D eigenvalue weighted by atomic mass is 16.6. The standard InChI is InChI=1S/C24H42N4O10/c1-23(2,3)37-21(35)25-11-7-17(29)27(13-9-19(31)32)15-16-28(14-10-20(33)34)18(30)8-12-26-22(36)38-24(4,5)6/h7-16H2,1-6H3,(H,25,35)(H,26,36)(H,31,32)(H,33,34). The number of nitrogens with zero attached hydrogens (tertiary/aromatic N) is 2. The third kappa shape index (κ3) is 18.7. The van der Waals surface area contributed by atoms with Crippen LogP contribution in [0.5, 0.6) is 0 Å². The first-order valence-corrected chi connectivity index (χ1v) is 12.3. The molecular weight excluding hydrogens is 504 g/mol. The van der Waals surface area contributed by atoms with E-state index in [0.29, 0.717) is 0 Å². The van der Waals surface area contributed by atoms with Gasteiger partial charge in [-0.05, 0) is 41.5 Å². The Kier molecular flexibility index (Phi) is 14.8. The van der Waals surface area contributed by atoms with Crippen molar-refractivity contribution in [3.05, 3.63) is 0 Å². The third-order valence-electron chi connectivity index (χ3n) is 4.55. The fourth-order valence-corrected chi connectivity index (χ4v) is 2.91. The summed E-state index contributed by atoms with van der Waals surface area (Å²) in [4.78, 5) is 73.6. The van der Waals surface area contributed by atoms with Gasteiger partial charge in [-0.15, -0.1) is 0 Å². The number of ether oxygens (including phenoxy) is 2. The van der Waals surface area contributed by atoms with Crippen molar-refractivity contribution in [2.75, 3.05) is 39.3 Å². The van der Waals surface area contributed by atoms with Gasteiger partial charge < -0.3 is 40.1 Å². The Labute approximate surface area is 223 Å². The maximum atomic E-state index is 12.7. The molecular formula is C24H42N4O10. The van der Waals surface area contributed by atoms with Crippen LogP contribution in [0.25, 0.3) is 0 Å². The quantitative estimate of drug-likeness (QED) is 0.233. The number of alkyl carbamates (subject to hydrolysis) is 2. The van der Waals surface area contributed by atoms with Crippen LogP contribution in [0.15, 0.2) is 0 Å². The minimum absolute atomic E-state index is 0.0463. The third-order valence-corrected chi connectivity index (χ3v) is 4.55. The van der Waals surface area contributed by atoms with Gasteiger partial charge in [0.1, 0.15) is 11.2 Å². The van der Waals surface area contributed by atoms with Crippen molar-refractivity contribution in [1.29, 1.82) is 0 Å². The molecule has 14 heteroatoms. The van der Waals surface area contributed by atoms with Crippen LogP contribution in [-0.2, 0) is 28.7 Å². The Morgan fingerprint density at radius 1 is 0.579 bits per heavy atom. The number of hydrogen-bond acceptors (Lipinski definition) is 8. The number of rotatable bonds is 15. The maximum absolute atomic E-state index is 12.7. The fourth-order valence-electron chi connectivity index (χ4n) is 2.91. The number of carboxylic acids is 2. The summed E-state index contributed by atoms with van der Waals surface area (Å²) in [5.41, 5.74) is -1.42. The smallest absolute Gasteiger partial charge is 0.407 e. The van der Waals surface area contributed by atoms with Gasteiger partial charge in [0.25, 0.3) is 0 Å². The van der Waals surface area contributed by atoms with E-state index >= 15 is 0 Å². The molecule has 0 aliphatic carbocycles. The Hall–Kier alpha value is -3.58. The highest BCUT2D eigenvalue weighted by Crippen LogP contribution is 2.08. The summed E-state index contributed by atoms with van der Waals surface area (Å²) in [6.45, 7) is 9.67. The second kappa shape index (κ2) is 16.3. The molecule has 0 aromatic heterocycles. The maximum Gasteiger partial charge on any atom is 0.407 e. The Balaban J connectivity index is 5.09. The summed E-state index contributed by atoms with van der Waals surface area (Å²) in [6, 6.07) is 0. The molecule has 0 aromatic carbocycles. The highest BCUT2D eigenvalue weighted by Gasteiger charge is 2.22. The lowest BCUT2D eigenvalue weighted by atomic mass is 10.2. The average molecular weight is 547 g/mol. The van der Waals surface area contributed by atoms with E-state index in [1.165, 1.54) is 9.80 Å². The predicted octanol–water partition coefficient (Wildman–Crippen LogP) is 1.42. The van der Waals surface area contributed by atoms with Gasteiger partial charge in [0.15, 0.2) is 0 Å². The molecule has 4 amide bonds. The van der Waals surface area contributed by atoms with Gasteiger partial charge in [-0.2, -0.15) is 0 Å². The Morgan fingerprint density at radius 3 is 1.16 bits per heavy atom. The number of carbonyl (C=O) groups excluding carboxylic acids is 4. The normalized spacial score (nSPS) is 11.2. The molecule has 0 saturated heterocycles. The largest absolute Gasteiger partial charge is 0.481 e. The van der Waals surface area contributed by atoms with Crippen molar-refractivity contribution in [1.82, 2.24) is 20.4 Å². The van der Waals surface area contributed by atoms with Crippen LogP contribution in [0.3, 0.4) is 0 Å². The average Bonchev–Trinajstić information content (AvgIpc) is 2.72. The Morgan fingerprint density at radius 2 is 0.895 bits per heavy atom. The van der Waals surface area contributed by atoms with Gasteiger partial charge in [0, 0.05) is 52.1 Å². The summed E-state index contributed by atoms with van der Waals surface area (Å²) >= 11 is 0. The lowest BCUT2D eigenvalue weighted by Gasteiger charge is -2.28. The lowest BCUT2D eigenvalue weighted by Crippen LogP contribution is -2.44. The Bertz CT molecular complexity index is 765. The van der Waals surface area contributed by atoms with Crippen molar-refractivity contribution < 1.29 is 48.5 Å². The summed E-state index contributed by atoms with van der Waals surface area (Å²) < 4.78 is 10.2. The van der Waals surface area contributed by atoms with E-state index in [1.54, 1.807) is 41.5 Å². The molecule has 218 valence electrons. The summed E-state index contributed by atoms with van der Waals surface area (Å²) in [5.74, 6) is -3.16. The van der Waals surface area contributed by atoms with Gasteiger partial charge in [-0.25, -0.2) is 9.59 Å². The van der Waals surface area contributed by atoms with Crippen LogP contribution >= 0.6 is 0 Å². The minimum atomic E-state index is -1.12. The van der Waals surface area contributed by atoms with Crippen LogP contribution in [0.4, 0.5) is 9.59 Å². The van der Waals surface area contributed by atoms with Crippen LogP contribution < -0.4 is 10.6 Å². The molecule has 0 heterocycles. The zero-order valence-corrected chi connectivity index (χ0v) is 23.1. The highest BCUT2D eigenvalue weighted by molar-refractivity contribution is 5.79. The first kappa shape index (κ1) is 34.4. The zero-order valence-electron chi connectivity index (χ0n) is 23.1. The SMILES string of the molecule is CC(C)(C)OC(=O)NCCC(=O)N(CCC(=O)O)CCN(CCC(=O)O)C(=O)CCNC(=O)OC(C)(C)C. The number of carboxylic acid groups (broad SMARTS) is 2. The molecule has 0 aliphatic heterocycles. The summed E-state index contributed by atoms with van der Waals surface area (Å²) in [6.07, 6.45) is -2.35. The van der Waals surface area contributed by atoms with Crippen molar-refractivity contribution in [3.63, 3.8) is 0 Å². The van der Waals surface area contributed by atoms with Gasteiger partial charge in [-0.3, -0.25) is 19.2 Å². The molecule has 0 spiro atoms. The monoisotopic (exact) mass is 546 g/mol. The zero-order chi connectivity index (χ0) is 29.5. The van der Waals surface area contributed by atoms with E-state index in [0.717, 1.165) is 0 Å². The minimum Gasteiger partial charge on any atom is -0.481 e. The van der Waals surface area contributed by atoms with Crippen molar-refractivity contribution in [2.45, 2.75) is 78.4 Å². The number of carbonyl (C=O) groups is 6. The number of aliphatic carboxylic acids is 2. The summed E-state index contributed by atoms with van der Waals surface area (Å²) in [7, 11) is 0. The predicted molar refractivity (Wildman–Crippen MR) is 135 cm³/mol. The number of nitrogens with one attached hydrogen (secondary N) is 2. The molecule has 0 atom stereocenters. The van der Waals surface area contributed by atoms with E-state index in [-0.39, 0.29) is 65.0 Å². The molecule has 0 bridgehead atoms. The van der Waals surface area contributed by atoms with Crippen LogP contribution in [0, 0.1) is 0 Å². The summed E-state index contributed by atoms with van der Waals surface area (Å²) in [5, 5.41) is 23.0. The molecule has 0 saturated carbocycles. The van der Waals surface area contributed by atoms with Crippen LogP contribution in [0.1, 0.15) is 67.2 Å². The number of hydrogen-bond donors (Lipinski definition) is 4. The molecule has 0 aromatic rings. The molecule has 0 radical (unpaired) electrons. The van der Waals surface area contributed by atoms with Gasteiger partial charge in [-0.1, -0.05) is 0 Å². The van der Waals surface area contributed by atoms with Crippen LogP contribution in [0.2, 0.25) is 0 Å². The van der Waals surface area contributed by atoms with E-state index in [9.17, 15) is 28.8 Å². The molecule has 0 unspecified atom stereocenters. The van der Waals surface area contributed by atoms with E-state index in [2.05, 4.69) is 10.6 Å². The van der Waals surface area contributed by atoms with E-state index in [1.807, 2.05) is 0 Å². The lowest BCUT2D eigenvalue weighted by molar-refractivity contribution is -0.141. The number of amides is 4. The van der Waals surface area contributed by atoms with Crippen molar-refractivity contribution >= 4 is 35.9 Å². The van der Waals surface area contributed by atoms with Gasteiger partial charge in [0.05, 0.1) is 12.8 Å². The molecule has 0 fully saturated rings. The van der Waals surface area contributed by atoms with E-state index < -0.39 is 47.1 Å². The van der Waals surface area contributed by atoms with Crippen molar-refractivity contribution in [2.24, 2.45) is 0 Å². The second-order valence-electron chi connectivity index (χ2n) is 10.4. The van der Waals surface area contributed by atoms with Gasteiger partial charge in [0.2, 0.25) is 11.8 Å². The van der Waals surface area contributed by atoms with Crippen molar-refractivity contribution in [3.8, 4) is 0 Å². The van der Waals surface area contributed by atoms with E-state index in [4.69, 9.17) is 19.7 Å². The molecule has 38 heavy (non-hydrogen) atoms. The molecule has 0 aliphatic rings. The van der Waals surface area contributed by atoms with Gasteiger partial charge >= 0.3 is 24.1 Å². The van der Waals surface area contributed by atoms with Crippen LogP contribution in [-0.4, -0.2) is 106 Å². The fraction of sp³-hybridized carbons (Fsp3) is 0.750. The molecule has 14 nitrogen and oxygen atoms in total. The first-order chi connectivity index (χ1) is 17.4. The molecule has 4 N–H and O–H groups in total. The molecule has 0 rings (SSSR count). The first-order valence-electron chi connectivity index (χ1n) is 12.3. The second-order valence-corrected chi connectivity index (χ2v) is 10.4.